The topological polar surface area (TPSA) is 41.5 Å². The molecule has 0 fully saturated rings. The van der Waals surface area contributed by atoms with Gasteiger partial charge in [0.05, 0.1) is 12.7 Å². The van der Waals surface area contributed by atoms with Gasteiger partial charge < -0.3 is 15.2 Å². The van der Waals surface area contributed by atoms with Crippen molar-refractivity contribution in [1.29, 1.82) is 0 Å². The zero-order valence-corrected chi connectivity index (χ0v) is 11.2. The molecule has 0 bridgehead atoms. The molecular formula is C14H21F2NO2. The Morgan fingerprint density at radius 2 is 2.16 bits per heavy atom. The molecule has 0 aliphatic carbocycles. The molecular weight excluding hydrogens is 252 g/mol. The summed E-state index contributed by atoms with van der Waals surface area (Å²) in [6, 6.07) is 3.32. The van der Waals surface area contributed by atoms with E-state index in [4.69, 9.17) is 4.74 Å². The Morgan fingerprint density at radius 3 is 2.89 bits per heavy atom. The van der Waals surface area contributed by atoms with E-state index in [1.54, 1.807) is 0 Å². The second-order valence-electron chi connectivity index (χ2n) is 4.45. The minimum Gasteiger partial charge on any atom is -0.389 e. The second-order valence-corrected chi connectivity index (χ2v) is 4.45. The zero-order valence-electron chi connectivity index (χ0n) is 11.2. The number of unbranched alkanes of at least 4 members (excludes halogenated alkanes) is 1. The summed E-state index contributed by atoms with van der Waals surface area (Å²) in [5.74, 6) is -0.927. The first-order chi connectivity index (χ1) is 9.13. The zero-order chi connectivity index (χ0) is 14.1. The van der Waals surface area contributed by atoms with Crippen molar-refractivity contribution in [3.8, 4) is 0 Å². The third kappa shape index (κ3) is 6.61. The molecule has 0 radical (unpaired) electrons. The Hall–Kier alpha value is -1.04. The summed E-state index contributed by atoms with van der Waals surface area (Å²) in [6.07, 6.45) is 1.37. The summed E-state index contributed by atoms with van der Waals surface area (Å²) in [5, 5.41) is 12.5. The Balaban J connectivity index is 2.20. The molecule has 1 aromatic rings. The summed E-state index contributed by atoms with van der Waals surface area (Å²) in [4.78, 5) is 0. The lowest BCUT2D eigenvalue weighted by Gasteiger charge is -2.12. The van der Waals surface area contributed by atoms with Gasteiger partial charge in [0.1, 0.15) is 11.6 Å². The van der Waals surface area contributed by atoms with Crippen LogP contribution in [0.15, 0.2) is 18.2 Å². The molecule has 5 heteroatoms. The Morgan fingerprint density at radius 1 is 1.37 bits per heavy atom. The van der Waals surface area contributed by atoms with Crippen molar-refractivity contribution in [2.75, 3.05) is 19.8 Å². The molecule has 1 rings (SSSR count). The second kappa shape index (κ2) is 8.96. The van der Waals surface area contributed by atoms with E-state index in [1.807, 2.05) is 0 Å². The Kier molecular flexibility index (Phi) is 7.55. The minimum atomic E-state index is -0.645. The largest absolute Gasteiger partial charge is 0.389 e. The number of benzene rings is 1. The standard InChI is InChI=1S/C14H21F2NO2/c1-2-3-6-19-10-13(18)9-17-8-11-7-12(15)4-5-14(11)16/h4-5,7,13,17-18H,2-3,6,8-10H2,1H3. The van der Waals surface area contributed by atoms with Crippen LogP contribution in [-0.2, 0) is 11.3 Å². The molecule has 19 heavy (non-hydrogen) atoms. The van der Waals surface area contributed by atoms with E-state index >= 15 is 0 Å². The third-order valence-electron chi connectivity index (χ3n) is 2.66. The smallest absolute Gasteiger partial charge is 0.127 e. The molecule has 0 aromatic heterocycles. The predicted octanol–water partition coefficient (Wildman–Crippen LogP) is 2.23. The van der Waals surface area contributed by atoms with Crippen molar-refractivity contribution in [2.24, 2.45) is 0 Å². The highest BCUT2D eigenvalue weighted by molar-refractivity contribution is 5.18. The van der Waals surface area contributed by atoms with Gasteiger partial charge in [-0.05, 0) is 24.6 Å². The molecule has 1 aromatic carbocycles. The highest BCUT2D eigenvalue weighted by atomic mass is 19.1. The highest BCUT2D eigenvalue weighted by Gasteiger charge is 2.06. The average molecular weight is 273 g/mol. The minimum absolute atomic E-state index is 0.176. The van der Waals surface area contributed by atoms with E-state index in [0.717, 1.165) is 31.0 Å². The number of hydrogen-bond acceptors (Lipinski definition) is 3. The van der Waals surface area contributed by atoms with E-state index < -0.39 is 17.7 Å². The van der Waals surface area contributed by atoms with E-state index in [1.165, 1.54) is 0 Å². The molecule has 0 aliphatic rings. The van der Waals surface area contributed by atoms with Crippen LogP contribution in [0.4, 0.5) is 8.78 Å². The van der Waals surface area contributed by atoms with E-state index in [9.17, 15) is 13.9 Å². The molecule has 0 saturated carbocycles. The van der Waals surface area contributed by atoms with Gasteiger partial charge in [0.25, 0.3) is 0 Å². The number of rotatable bonds is 9. The Labute approximate surface area is 112 Å². The maximum atomic E-state index is 13.3. The van der Waals surface area contributed by atoms with E-state index in [2.05, 4.69) is 12.2 Å². The van der Waals surface area contributed by atoms with Crippen LogP contribution in [0.3, 0.4) is 0 Å². The summed E-state index contributed by atoms with van der Waals surface area (Å²) < 4.78 is 31.5. The number of aliphatic hydroxyl groups excluding tert-OH is 1. The van der Waals surface area contributed by atoms with Gasteiger partial charge >= 0.3 is 0 Å². The van der Waals surface area contributed by atoms with Crippen molar-refractivity contribution in [1.82, 2.24) is 5.32 Å². The highest BCUT2D eigenvalue weighted by Crippen LogP contribution is 2.09. The summed E-state index contributed by atoms with van der Waals surface area (Å²) in [5.41, 5.74) is 0.249. The van der Waals surface area contributed by atoms with Gasteiger partial charge in [0, 0.05) is 25.3 Å². The summed E-state index contributed by atoms with van der Waals surface area (Å²) in [6.45, 7) is 3.40. The predicted molar refractivity (Wildman–Crippen MR) is 69.8 cm³/mol. The number of nitrogens with one attached hydrogen (secondary N) is 1. The van der Waals surface area contributed by atoms with Crippen molar-refractivity contribution in [3.63, 3.8) is 0 Å². The van der Waals surface area contributed by atoms with Crippen molar-refractivity contribution < 1.29 is 18.6 Å². The molecule has 0 saturated heterocycles. The van der Waals surface area contributed by atoms with E-state index in [0.29, 0.717) is 6.61 Å². The maximum Gasteiger partial charge on any atom is 0.127 e. The van der Waals surface area contributed by atoms with Crippen molar-refractivity contribution >= 4 is 0 Å². The fourth-order valence-electron chi connectivity index (χ4n) is 1.58. The molecule has 1 atom stereocenters. The van der Waals surface area contributed by atoms with Gasteiger partial charge in [-0.3, -0.25) is 0 Å². The van der Waals surface area contributed by atoms with Crippen LogP contribution in [0.25, 0.3) is 0 Å². The summed E-state index contributed by atoms with van der Waals surface area (Å²) in [7, 11) is 0. The molecule has 0 spiro atoms. The first kappa shape index (κ1) is 16.0. The van der Waals surface area contributed by atoms with Gasteiger partial charge in [-0.15, -0.1) is 0 Å². The molecule has 2 N–H and O–H groups in total. The Bertz CT molecular complexity index is 374. The molecule has 0 heterocycles. The lowest BCUT2D eigenvalue weighted by Crippen LogP contribution is -2.30. The molecule has 0 amide bonds. The van der Waals surface area contributed by atoms with Gasteiger partial charge in [-0.2, -0.15) is 0 Å². The van der Waals surface area contributed by atoms with Crippen LogP contribution < -0.4 is 5.32 Å². The van der Waals surface area contributed by atoms with Crippen molar-refractivity contribution in [2.45, 2.75) is 32.4 Å². The van der Waals surface area contributed by atoms with Gasteiger partial charge in [0.2, 0.25) is 0 Å². The molecule has 0 aliphatic heterocycles. The van der Waals surface area contributed by atoms with Crippen LogP contribution in [0.1, 0.15) is 25.3 Å². The fourth-order valence-corrected chi connectivity index (χ4v) is 1.58. The van der Waals surface area contributed by atoms with Crippen LogP contribution in [0, 0.1) is 11.6 Å². The van der Waals surface area contributed by atoms with Crippen molar-refractivity contribution in [3.05, 3.63) is 35.4 Å². The SMILES string of the molecule is CCCCOCC(O)CNCc1cc(F)ccc1F. The normalized spacial score (nSPS) is 12.6. The first-order valence-electron chi connectivity index (χ1n) is 6.54. The monoisotopic (exact) mass is 273 g/mol. The molecule has 1 unspecified atom stereocenters. The quantitative estimate of drug-likeness (QED) is 0.678. The van der Waals surface area contributed by atoms with Gasteiger partial charge in [-0.25, -0.2) is 8.78 Å². The molecule has 108 valence electrons. The van der Waals surface area contributed by atoms with Gasteiger partial charge in [-0.1, -0.05) is 13.3 Å². The number of aliphatic hydroxyl groups is 1. The van der Waals surface area contributed by atoms with E-state index in [-0.39, 0.29) is 25.3 Å². The number of halogens is 2. The third-order valence-corrected chi connectivity index (χ3v) is 2.66. The van der Waals surface area contributed by atoms with Crippen LogP contribution >= 0.6 is 0 Å². The average Bonchev–Trinajstić information content (AvgIpc) is 2.39. The lowest BCUT2D eigenvalue weighted by molar-refractivity contribution is 0.0357. The first-order valence-corrected chi connectivity index (χ1v) is 6.54. The van der Waals surface area contributed by atoms with Crippen LogP contribution in [-0.4, -0.2) is 31.0 Å². The lowest BCUT2D eigenvalue weighted by atomic mass is 10.2. The molecule has 3 nitrogen and oxygen atoms in total. The fraction of sp³-hybridized carbons (Fsp3) is 0.571. The van der Waals surface area contributed by atoms with Crippen LogP contribution in [0.2, 0.25) is 0 Å². The summed E-state index contributed by atoms with van der Waals surface area (Å²) >= 11 is 0. The number of ether oxygens (including phenoxy) is 1. The number of hydrogen-bond donors (Lipinski definition) is 2. The van der Waals surface area contributed by atoms with Gasteiger partial charge in [0.15, 0.2) is 0 Å². The van der Waals surface area contributed by atoms with Crippen LogP contribution in [0.5, 0.6) is 0 Å². The maximum absolute atomic E-state index is 13.3.